The van der Waals surface area contributed by atoms with Gasteiger partial charge in [-0.2, -0.15) is 0 Å². The lowest BCUT2D eigenvalue weighted by Crippen LogP contribution is -2.29. The molecule has 0 saturated carbocycles. The molecule has 3 aromatic rings. The molecule has 1 aromatic carbocycles. The molecule has 0 radical (unpaired) electrons. The van der Waals surface area contributed by atoms with E-state index in [0.29, 0.717) is 23.6 Å². The molecule has 0 N–H and O–H groups in total. The van der Waals surface area contributed by atoms with Gasteiger partial charge in [0, 0.05) is 25.0 Å². The first-order chi connectivity index (χ1) is 13.3. The number of nitrogens with zero attached hydrogens (tertiary/aromatic N) is 3. The molecule has 2 heterocycles. The smallest absolute Gasteiger partial charge is 0.263 e. The van der Waals surface area contributed by atoms with E-state index >= 15 is 0 Å². The number of thiophene rings is 1. The zero-order valence-electron chi connectivity index (χ0n) is 16.9. The van der Waals surface area contributed by atoms with Gasteiger partial charge in [-0.3, -0.25) is 14.2 Å². The van der Waals surface area contributed by atoms with Crippen LogP contribution in [-0.2, 0) is 17.9 Å². The first-order valence-corrected chi connectivity index (χ1v) is 11.1. The highest BCUT2D eigenvalue weighted by Gasteiger charge is 2.18. The number of fused-ring (bicyclic) bond motifs is 1. The number of aromatic nitrogens is 2. The van der Waals surface area contributed by atoms with Crippen molar-refractivity contribution in [1.82, 2.24) is 14.5 Å². The molecule has 28 heavy (non-hydrogen) atoms. The number of hydrogen-bond donors (Lipinski definition) is 0. The van der Waals surface area contributed by atoms with Crippen molar-refractivity contribution < 1.29 is 4.79 Å². The maximum absolute atomic E-state index is 12.9. The summed E-state index contributed by atoms with van der Waals surface area (Å²) in [5.74, 6) is 0.271. The van der Waals surface area contributed by atoms with Crippen LogP contribution in [0, 0.1) is 20.8 Å². The van der Waals surface area contributed by atoms with E-state index in [0.717, 1.165) is 20.8 Å². The molecular weight excluding hydrogens is 390 g/mol. The quantitative estimate of drug-likeness (QED) is 0.448. The molecule has 1 amide bonds. The van der Waals surface area contributed by atoms with Gasteiger partial charge in [0.2, 0.25) is 5.91 Å². The molecule has 0 spiro atoms. The number of rotatable bonds is 6. The number of aryl methyl sites for hydroxylation is 3. The first-order valence-electron chi connectivity index (χ1n) is 9.25. The molecule has 0 aliphatic rings. The van der Waals surface area contributed by atoms with E-state index in [-0.39, 0.29) is 17.2 Å². The molecule has 0 atom stereocenters. The van der Waals surface area contributed by atoms with Crippen LogP contribution < -0.4 is 5.56 Å². The standard InChI is InChI=1S/C21H25N3O2S2/c1-6-24-20(26)18-14(3)15(4)28-19(18)22-21(24)27-12-17(25)23(5)11-16-10-8-7-9-13(16)2/h7-10H,6,11-12H2,1-5H3. The van der Waals surface area contributed by atoms with E-state index in [1.54, 1.807) is 9.47 Å². The van der Waals surface area contributed by atoms with Crippen molar-refractivity contribution in [3.63, 3.8) is 0 Å². The van der Waals surface area contributed by atoms with Gasteiger partial charge >= 0.3 is 0 Å². The lowest BCUT2D eigenvalue weighted by molar-refractivity contribution is -0.127. The van der Waals surface area contributed by atoms with Crippen molar-refractivity contribution in [1.29, 1.82) is 0 Å². The van der Waals surface area contributed by atoms with E-state index in [2.05, 4.69) is 0 Å². The van der Waals surface area contributed by atoms with Crippen molar-refractivity contribution in [2.45, 2.75) is 45.9 Å². The third-order valence-electron chi connectivity index (χ3n) is 4.99. The molecule has 148 valence electrons. The van der Waals surface area contributed by atoms with Gasteiger partial charge in [-0.25, -0.2) is 4.98 Å². The summed E-state index contributed by atoms with van der Waals surface area (Å²) in [6, 6.07) is 8.07. The summed E-state index contributed by atoms with van der Waals surface area (Å²) in [6.07, 6.45) is 0. The average Bonchev–Trinajstić information content (AvgIpc) is 2.95. The largest absolute Gasteiger partial charge is 0.341 e. The van der Waals surface area contributed by atoms with Gasteiger partial charge in [0.15, 0.2) is 5.16 Å². The van der Waals surface area contributed by atoms with Gasteiger partial charge in [-0.15, -0.1) is 11.3 Å². The van der Waals surface area contributed by atoms with Gasteiger partial charge in [0.05, 0.1) is 11.1 Å². The van der Waals surface area contributed by atoms with Crippen LogP contribution in [0.4, 0.5) is 0 Å². The molecule has 7 heteroatoms. The minimum Gasteiger partial charge on any atom is -0.341 e. The Morgan fingerprint density at radius 2 is 1.96 bits per heavy atom. The van der Waals surface area contributed by atoms with Crippen molar-refractivity contribution in [2.75, 3.05) is 12.8 Å². The van der Waals surface area contributed by atoms with Crippen molar-refractivity contribution in [3.05, 3.63) is 56.2 Å². The van der Waals surface area contributed by atoms with Crippen LogP contribution in [0.2, 0.25) is 0 Å². The fourth-order valence-corrected chi connectivity index (χ4v) is 5.14. The van der Waals surface area contributed by atoms with E-state index in [1.807, 2.05) is 59.0 Å². The summed E-state index contributed by atoms with van der Waals surface area (Å²) in [6.45, 7) is 9.06. The summed E-state index contributed by atoms with van der Waals surface area (Å²) in [7, 11) is 1.81. The Morgan fingerprint density at radius 3 is 2.64 bits per heavy atom. The van der Waals surface area contributed by atoms with Gasteiger partial charge < -0.3 is 4.90 Å². The molecule has 0 saturated heterocycles. The molecule has 2 aromatic heterocycles. The molecule has 0 aliphatic carbocycles. The first kappa shape index (κ1) is 20.6. The van der Waals surface area contributed by atoms with Crippen LogP contribution in [0.15, 0.2) is 34.2 Å². The predicted octanol–water partition coefficient (Wildman–Crippen LogP) is 4.15. The fraction of sp³-hybridized carbons (Fsp3) is 0.381. The van der Waals surface area contributed by atoms with E-state index < -0.39 is 0 Å². The van der Waals surface area contributed by atoms with Gasteiger partial charge in [-0.05, 0) is 44.4 Å². The van der Waals surface area contributed by atoms with Gasteiger partial charge in [0.25, 0.3) is 5.56 Å². The van der Waals surface area contributed by atoms with Crippen molar-refractivity contribution in [3.8, 4) is 0 Å². The van der Waals surface area contributed by atoms with Crippen LogP contribution in [0.25, 0.3) is 10.2 Å². The van der Waals surface area contributed by atoms with Crippen LogP contribution >= 0.6 is 23.1 Å². The Bertz CT molecular complexity index is 1090. The number of thioether (sulfide) groups is 1. The Labute approximate surface area is 173 Å². The number of carbonyl (C=O) groups excluding carboxylic acids is 1. The second kappa shape index (κ2) is 8.49. The maximum atomic E-state index is 12.9. The summed E-state index contributed by atoms with van der Waals surface area (Å²) >= 11 is 2.87. The molecular formula is C21H25N3O2S2. The van der Waals surface area contributed by atoms with Crippen LogP contribution in [-0.4, -0.2) is 33.2 Å². The highest BCUT2D eigenvalue weighted by atomic mass is 32.2. The molecule has 0 unspecified atom stereocenters. The molecule has 0 fully saturated rings. The third kappa shape index (κ3) is 4.00. The highest BCUT2D eigenvalue weighted by molar-refractivity contribution is 7.99. The molecule has 0 bridgehead atoms. The number of amides is 1. The number of hydrogen-bond acceptors (Lipinski definition) is 5. The fourth-order valence-electron chi connectivity index (χ4n) is 3.07. The topological polar surface area (TPSA) is 55.2 Å². The second-order valence-corrected chi connectivity index (χ2v) is 9.02. The number of carbonyl (C=O) groups is 1. The van der Waals surface area contributed by atoms with E-state index in [1.165, 1.54) is 28.7 Å². The Hall–Kier alpha value is -2.12. The third-order valence-corrected chi connectivity index (χ3v) is 7.05. The summed E-state index contributed by atoms with van der Waals surface area (Å²) in [5, 5.41) is 1.32. The normalized spacial score (nSPS) is 11.2. The lowest BCUT2D eigenvalue weighted by atomic mass is 10.1. The van der Waals surface area contributed by atoms with Crippen molar-refractivity contribution >= 4 is 39.2 Å². The van der Waals surface area contributed by atoms with E-state index in [4.69, 9.17) is 4.98 Å². The Morgan fingerprint density at radius 1 is 1.25 bits per heavy atom. The lowest BCUT2D eigenvalue weighted by Gasteiger charge is -2.18. The van der Waals surface area contributed by atoms with E-state index in [9.17, 15) is 9.59 Å². The summed E-state index contributed by atoms with van der Waals surface area (Å²) < 4.78 is 1.67. The van der Waals surface area contributed by atoms with Gasteiger partial charge in [0.1, 0.15) is 4.83 Å². The number of benzene rings is 1. The summed E-state index contributed by atoms with van der Waals surface area (Å²) in [5.41, 5.74) is 3.30. The van der Waals surface area contributed by atoms with Gasteiger partial charge in [-0.1, -0.05) is 36.0 Å². The van der Waals surface area contributed by atoms with Crippen LogP contribution in [0.1, 0.15) is 28.5 Å². The molecule has 3 rings (SSSR count). The minimum absolute atomic E-state index is 0.0161. The highest BCUT2D eigenvalue weighted by Crippen LogP contribution is 2.28. The zero-order chi connectivity index (χ0) is 20.4. The van der Waals surface area contributed by atoms with Crippen LogP contribution in [0.5, 0.6) is 0 Å². The Balaban J connectivity index is 1.78. The van der Waals surface area contributed by atoms with Crippen molar-refractivity contribution in [2.24, 2.45) is 0 Å². The predicted molar refractivity (Wildman–Crippen MR) is 117 cm³/mol. The monoisotopic (exact) mass is 415 g/mol. The maximum Gasteiger partial charge on any atom is 0.263 e. The SMILES string of the molecule is CCn1c(SCC(=O)N(C)Cc2ccccc2C)nc2sc(C)c(C)c2c1=O. The average molecular weight is 416 g/mol. The van der Waals surface area contributed by atoms with Crippen LogP contribution in [0.3, 0.4) is 0 Å². The second-order valence-electron chi connectivity index (χ2n) is 6.87. The molecule has 5 nitrogen and oxygen atoms in total. The zero-order valence-corrected chi connectivity index (χ0v) is 18.5. The minimum atomic E-state index is -0.0161. The summed E-state index contributed by atoms with van der Waals surface area (Å²) in [4.78, 5) is 33.8. The Kier molecular flexibility index (Phi) is 6.25. The molecule has 0 aliphatic heterocycles.